The number of nitrogens with zero attached hydrogens (tertiary/aromatic N) is 2. The highest BCUT2D eigenvalue weighted by molar-refractivity contribution is 7.86. The van der Waals surface area contributed by atoms with Gasteiger partial charge in [-0.25, -0.2) is 0 Å². The van der Waals surface area contributed by atoms with Crippen LogP contribution in [0.2, 0.25) is 0 Å². The molecular weight excluding hydrogens is 286 g/mol. The Morgan fingerprint density at radius 2 is 2.11 bits per heavy atom. The average Bonchev–Trinajstić information content (AvgIpc) is 2.39. The summed E-state index contributed by atoms with van der Waals surface area (Å²) in [6.07, 6.45) is 2.46. The molecule has 2 atom stereocenters. The van der Waals surface area contributed by atoms with E-state index >= 15 is 0 Å². The van der Waals surface area contributed by atoms with Gasteiger partial charge < -0.3 is 10.5 Å². The van der Waals surface area contributed by atoms with E-state index in [2.05, 4.69) is 0 Å². The maximum atomic E-state index is 12.6. The largest absolute Gasteiger partial charge is 0.391 e. The first-order valence-corrected chi connectivity index (χ1v) is 8.41. The molecule has 2 unspecified atom stereocenters. The van der Waals surface area contributed by atoms with Crippen LogP contribution in [-0.2, 0) is 14.9 Å². The Kier molecular flexibility index (Phi) is 4.78. The maximum Gasteiger partial charge on any atom is 0.282 e. The number of thiocarbonyl (C=S) groups is 1. The molecule has 6 nitrogen and oxygen atoms in total. The van der Waals surface area contributed by atoms with E-state index < -0.39 is 16.3 Å². The highest BCUT2D eigenvalue weighted by atomic mass is 32.2. The summed E-state index contributed by atoms with van der Waals surface area (Å²) >= 11 is 4.89. The molecule has 2 aliphatic heterocycles. The molecule has 0 amide bonds. The molecule has 8 heteroatoms. The predicted molar refractivity (Wildman–Crippen MR) is 77.0 cm³/mol. The number of piperidine rings is 1. The lowest BCUT2D eigenvalue weighted by molar-refractivity contribution is 0.0352. The van der Waals surface area contributed by atoms with Crippen molar-refractivity contribution in [2.75, 3.05) is 26.2 Å². The van der Waals surface area contributed by atoms with Crippen LogP contribution in [-0.4, -0.2) is 60.4 Å². The van der Waals surface area contributed by atoms with Crippen LogP contribution in [0.4, 0.5) is 0 Å². The van der Waals surface area contributed by atoms with Crippen LogP contribution < -0.4 is 5.73 Å². The topological polar surface area (TPSA) is 75.9 Å². The molecule has 0 radical (unpaired) electrons. The second kappa shape index (κ2) is 6.01. The van der Waals surface area contributed by atoms with Crippen molar-refractivity contribution in [2.45, 2.75) is 38.3 Å². The number of hydrogen-bond acceptors (Lipinski definition) is 4. The van der Waals surface area contributed by atoms with Gasteiger partial charge in [-0.05, 0) is 19.8 Å². The van der Waals surface area contributed by atoms with Crippen molar-refractivity contribution < 1.29 is 13.2 Å². The van der Waals surface area contributed by atoms with E-state index in [4.69, 9.17) is 22.7 Å². The maximum absolute atomic E-state index is 12.6. The van der Waals surface area contributed by atoms with Gasteiger partial charge in [-0.3, -0.25) is 0 Å². The fourth-order valence-electron chi connectivity index (χ4n) is 2.57. The summed E-state index contributed by atoms with van der Waals surface area (Å²) in [7, 11) is -3.43. The normalized spacial score (nSPS) is 31.2. The van der Waals surface area contributed by atoms with Crippen molar-refractivity contribution >= 4 is 27.4 Å². The Balaban J connectivity index is 2.12. The van der Waals surface area contributed by atoms with Crippen LogP contribution in [0.25, 0.3) is 0 Å². The first kappa shape index (κ1) is 15.1. The van der Waals surface area contributed by atoms with Crippen LogP contribution in [0.15, 0.2) is 0 Å². The van der Waals surface area contributed by atoms with Gasteiger partial charge in [0.05, 0.1) is 6.61 Å². The minimum Gasteiger partial charge on any atom is -0.391 e. The van der Waals surface area contributed by atoms with E-state index in [0.29, 0.717) is 19.7 Å². The van der Waals surface area contributed by atoms with Gasteiger partial charge in [-0.15, -0.1) is 0 Å². The van der Waals surface area contributed by atoms with Gasteiger partial charge in [0.2, 0.25) is 0 Å². The van der Waals surface area contributed by atoms with Crippen molar-refractivity contribution in [3.05, 3.63) is 0 Å². The number of nitrogens with two attached hydrogens (primary N) is 1. The lowest BCUT2D eigenvalue weighted by Gasteiger charge is -2.39. The minimum absolute atomic E-state index is 0.0601. The Bertz CT molecular complexity index is 440. The molecule has 0 saturated carbocycles. The number of hydrogen-bond donors (Lipinski definition) is 1. The fraction of sp³-hybridized carbons (Fsp3) is 0.909. The minimum atomic E-state index is -3.43. The molecule has 19 heavy (non-hydrogen) atoms. The van der Waals surface area contributed by atoms with Gasteiger partial charge >= 0.3 is 0 Å². The molecule has 0 bridgehead atoms. The van der Waals surface area contributed by atoms with E-state index in [1.165, 1.54) is 4.31 Å². The van der Waals surface area contributed by atoms with Gasteiger partial charge in [0.1, 0.15) is 11.1 Å². The molecule has 2 N–H and O–H groups in total. The molecule has 0 aliphatic carbocycles. The summed E-state index contributed by atoms with van der Waals surface area (Å²) in [6.45, 7) is 3.48. The van der Waals surface area contributed by atoms with E-state index in [0.717, 1.165) is 19.3 Å². The Hall–Kier alpha value is -0.280. The molecular formula is C11H21N3O3S2. The Morgan fingerprint density at radius 3 is 2.74 bits per heavy atom. The van der Waals surface area contributed by atoms with Crippen LogP contribution in [0.1, 0.15) is 26.2 Å². The highest BCUT2D eigenvalue weighted by Crippen LogP contribution is 2.23. The van der Waals surface area contributed by atoms with Crippen molar-refractivity contribution in [1.29, 1.82) is 0 Å². The summed E-state index contributed by atoms with van der Waals surface area (Å²) in [5.74, 6) is 0. The van der Waals surface area contributed by atoms with Crippen molar-refractivity contribution in [2.24, 2.45) is 5.73 Å². The second-order valence-corrected chi connectivity index (χ2v) is 7.44. The zero-order valence-electron chi connectivity index (χ0n) is 11.1. The number of morpholine rings is 1. The molecule has 2 fully saturated rings. The van der Waals surface area contributed by atoms with Gasteiger partial charge in [0.15, 0.2) is 0 Å². The Morgan fingerprint density at radius 1 is 1.37 bits per heavy atom. The van der Waals surface area contributed by atoms with Crippen LogP contribution in [0.3, 0.4) is 0 Å². The number of rotatable bonds is 3. The molecule has 2 saturated heterocycles. The highest BCUT2D eigenvalue weighted by Gasteiger charge is 2.37. The van der Waals surface area contributed by atoms with Crippen molar-refractivity contribution in [3.63, 3.8) is 0 Å². The molecule has 0 aromatic carbocycles. The number of ether oxygens (including phenoxy) is 1. The van der Waals surface area contributed by atoms with Crippen LogP contribution >= 0.6 is 12.2 Å². The summed E-state index contributed by atoms with van der Waals surface area (Å²) < 4.78 is 33.7. The van der Waals surface area contributed by atoms with E-state index in [9.17, 15) is 8.42 Å². The summed E-state index contributed by atoms with van der Waals surface area (Å²) in [6, 6.07) is 0.0601. The fourth-order valence-corrected chi connectivity index (χ4v) is 4.56. The van der Waals surface area contributed by atoms with Crippen LogP contribution in [0, 0.1) is 0 Å². The average molecular weight is 307 g/mol. The third-order valence-corrected chi connectivity index (χ3v) is 6.09. The lowest BCUT2D eigenvalue weighted by atomic mass is 10.1. The lowest BCUT2D eigenvalue weighted by Crippen LogP contribution is -2.56. The predicted octanol–water partition coefficient (Wildman–Crippen LogP) is 0.0925. The van der Waals surface area contributed by atoms with Crippen molar-refractivity contribution in [1.82, 2.24) is 8.61 Å². The van der Waals surface area contributed by atoms with Gasteiger partial charge in [-0.2, -0.15) is 17.0 Å². The summed E-state index contributed by atoms with van der Waals surface area (Å²) in [5.41, 5.74) is 5.55. The van der Waals surface area contributed by atoms with Crippen molar-refractivity contribution in [3.8, 4) is 0 Å². The second-order valence-electron chi connectivity index (χ2n) is 5.08. The molecule has 110 valence electrons. The monoisotopic (exact) mass is 307 g/mol. The molecule has 0 aromatic rings. The third kappa shape index (κ3) is 3.25. The molecule has 2 rings (SSSR count). The third-order valence-electron chi connectivity index (χ3n) is 3.71. The summed E-state index contributed by atoms with van der Waals surface area (Å²) in [4.78, 5) is 0.214. The van der Waals surface area contributed by atoms with Gasteiger partial charge in [0.25, 0.3) is 10.2 Å². The molecule has 2 aliphatic rings. The zero-order chi connectivity index (χ0) is 14.0. The molecule has 2 heterocycles. The quantitative estimate of drug-likeness (QED) is 0.748. The molecule has 0 spiro atoms. The zero-order valence-corrected chi connectivity index (χ0v) is 12.8. The first-order valence-electron chi connectivity index (χ1n) is 6.61. The standard InChI is InChI=1S/C11H21N3O3S2/c1-9-4-2-3-5-14(9)19(15,16)13-6-7-17-10(8-13)11(12)18/h9-10H,2-8H2,1H3,(H2,12,18). The molecule has 0 aromatic heterocycles. The van der Waals surface area contributed by atoms with Gasteiger partial charge in [0, 0.05) is 25.7 Å². The summed E-state index contributed by atoms with van der Waals surface area (Å²) in [5, 5.41) is 0. The van der Waals surface area contributed by atoms with E-state index in [1.54, 1.807) is 4.31 Å². The van der Waals surface area contributed by atoms with E-state index in [-0.39, 0.29) is 17.6 Å². The van der Waals surface area contributed by atoms with Gasteiger partial charge in [-0.1, -0.05) is 18.6 Å². The van der Waals surface area contributed by atoms with Crippen LogP contribution in [0.5, 0.6) is 0 Å². The Labute approximate surface area is 120 Å². The van der Waals surface area contributed by atoms with E-state index in [1.807, 2.05) is 6.92 Å². The smallest absolute Gasteiger partial charge is 0.282 e. The SMILES string of the molecule is CC1CCCCN1S(=O)(=O)N1CCOC(C(N)=S)C1. The first-order chi connectivity index (χ1) is 8.93.